The van der Waals surface area contributed by atoms with Crippen LogP contribution in [0, 0.1) is 6.07 Å². The van der Waals surface area contributed by atoms with Gasteiger partial charge in [-0.15, -0.1) is 41.2 Å². The van der Waals surface area contributed by atoms with Crippen LogP contribution >= 0.6 is 11.3 Å². The normalized spacial score (nSPS) is 11.2. The molecule has 6 heteroatoms. The molecule has 0 amide bonds. The number of hydrogen-bond acceptors (Lipinski definition) is 4. The zero-order valence-corrected chi connectivity index (χ0v) is 24.1. The van der Waals surface area contributed by atoms with Crippen molar-refractivity contribution in [1.29, 1.82) is 0 Å². The van der Waals surface area contributed by atoms with Gasteiger partial charge >= 0.3 is 0 Å². The molecule has 7 aromatic rings. The SMILES string of the molecule is [2H]c1cccc(O)c1-c1nc2c(-c3[c-]c(-c4cc(-c5cccs5)ccn4)ccc3)cccc2n1-c1ccccc1.[Pt]. The largest absolute Gasteiger partial charge is 0.507 e. The first kappa shape index (κ1) is 24.7. The molecule has 0 aliphatic rings. The number of fused-ring (bicyclic) bond motifs is 1. The average molecular weight is 717 g/mol. The summed E-state index contributed by atoms with van der Waals surface area (Å²) in [6.45, 7) is 0. The summed E-state index contributed by atoms with van der Waals surface area (Å²) in [7, 11) is 0. The monoisotopic (exact) mass is 716 g/mol. The van der Waals surface area contributed by atoms with Crippen LogP contribution in [0.1, 0.15) is 1.37 Å². The van der Waals surface area contributed by atoms with Crippen molar-refractivity contribution in [1.82, 2.24) is 14.5 Å². The summed E-state index contributed by atoms with van der Waals surface area (Å²) in [5, 5.41) is 12.9. The van der Waals surface area contributed by atoms with E-state index in [1.807, 2.05) is 83.6 Å². The molecule has 40 heavy (non-hydrogen) atoms. The summed E-state index contributed by atoms with van der Waals surface area (Å²) in [4.78, 5) is 10.9. The molecule has 3 heterocycles. The van der Waals surface area contributed by atoms with E-state index >= 15 is 0 Å². The maximum absolute atomic E-state index is 10.8. The van der Waals surface area contributed by atoms with Crippen molar-refractivity contribution in [2.24, 2.45) is 0 Å². The Morgan fingerprint density at radius 1 is 0.800 bits per heavy atom. The van der Waals surface area contributed by atoms with Crippen LogP contribution in [-0.2, 0) is 21.1 Å². The van der Waals surface area contributed by atoms with Crippen LogP contribution in [0.25, 0.3) is 60.9 Å². The number of rotatable bonds is 5. The Morgan fingerprint density at radius 3 is 2.45 bits per heavy atom. The first-order valence-corrected chi connectivity index (χ1v) is 13.4. The number of aromatic hydroxyl groups is 1. The van der Waals surface area contributed by atoms with E-state index in [0.29, 0.717) is 11.4 Å². The fourth-order valence-electron chi connectivity index (χ4n) is 4.88. The minimum atomic E-state index is 0. The van der Waals surface area contributed by atoms with Gasteiger partial charge in [0.2, 0.25) is 0 Å². The van der Waals surface area contributed by atoms with Crippen molar-refractivity contribution in [2.45, 2.75) is 0 Å². The molecule has 1 N–H and O–H groups in total. The molecular weight excluding hydrogens is 694 g/mol. The summed E-state index contributed by atoms with van der Waals surface area (Å²) >= 11 is 1.70. The Labute approximate surface area is 251 Å². The Kier molecular flexibility index (Phi) is 6.83. The van der Waals surface area contributed by atoms with E-state index in [0.717, 1.165) is 44.7 Å². The number of aromatic nitrogens is 3. The zero-order valence-electron chi connectivity index (χ0n) is 22.1. The molecule has 0 unspecified atom stereocenters. The Balaban J connectivity index is 0.00000302. The van der Waals surface area contributed by atoms with Gasteiger partial charge in [0.05, 0.1) is 18.0 Å². The van der Waals surface area contributed by atoms with E-state index in [1.165, 1.54) is 4.88 Å². The van der Waals surface area contributed by atoms with Crippen LogP contribution in [-0.4, -0.2) is 19.6 Å². The molecule has 0 aliphatic heterocycles. The Bertz CT molecular complexity index is 1970. The molecule has 0 aliphatic carbocycles. The molecule has 0 fully saturated rings. The molecule has 0 radical (unpaired) electrons. The number of hydrogen-bond donors (Lipinski definition) is 1. The number of thiophene rings is 1. The summed E-state index contributed by atoms with van der Waals surface area (Å²) in [6, 6.07) is 39.0. The van der Waals surface area contributed by atoms with Crippen LogP contribution in [0.4, 0.5) is 0 Å². The molecule has 0 saturated heterocycles. The average Bonchev–Trinajstić information content (AvgIpc) is 3.67. The maximum Gasteiger partial charge on any atom is 0.148 e. The number of phenols is 1. The second-order valence-electron chi connectivity index (χ2n) is 9.10. The van der Waals surface area contributed by atoms with Crippen LogP contribution in [0.5, 0.6) is 5.75 Å². The fourth-order valence-corrected chi connectivity index (χ4v) is 5.60. The van der Waals surface area contributed by atoms with E-state index in [-0.39, 0.29) is 32.9 Å². The molecule has 0 atom stereocenters. The molecule has 4 aromatic carbocycles. The molecule has 0 bridgehead atoms. The van der Waals surface area contributed by atoms with Gasteiger partial charge in [-0.3, -0.25) is 9.55 Å². The predicted molar refractivity (Wildman–Crippen MR) is 159 cm³/mol. The third kappa shape index (κ3) is 4.68. The third-order valence-electron chi connectivity index (χ3n) is 6.68. The third-order valence-corrected chi connectivity index (χ3v) is 7.60. The molecule has 0 saturated carbocycles. The van der Waals surface area contributed by atoms with Crippen LogP contribution in [0.2, 0.25) is 0 Å². The smallest absolute Gasteiger partial charge is 0.148 e. The summed E-state index contributed by atoms with van der Waals surface area (Å²) in [6.07, 6.45) is 1.84. The molecule has 7 rings (SSSR count). The van der Waals surface area contributed by atoms with Gasteiger partial charge in [0.25, 0.3) is 0 Å². The van der Waals surface area contributed by atoms with Crippen LogP contribution < -0.4 is 0 Å². The maximum atomic E-state index is 10.8. The fraction of sp³-hybridized carbons (Fsp3) is 0. The minimum Gasteiger partial charge on any atom is -0.507 e. The Hall–Kier alpha value is -4.31. The zero-order chi connectivity index (χ0) is 27.1. The van der Waals surface area contributed by atoms with E-state index in [4.69, 9.17) is 6.35 Å². The van der Waals surface area contributed by atoms with Gasteiger partial charge in [-0.25, -0.2) is 4.98 Å². The standard InChI is InChI=1S/C34H22N3OS.Pt/c38-31-16-5-4-13-28(31)34-36-33-27(14-7-15-30(33)37(34)26-11-2-1-3-12-26)23-9-6-10-24(21-23)29-22-25(18-19-35-29)32-17-8-20-39-32;/h1-20,22,38H;/q-1;/i13D;. The molecule has 4 nitrogen and oxygen atoms in total. The summed E-state index contributed by atoms with van der Waals surface area (Å²) in [5.74, 6) is 0.532. The number of nitrogens with zero attached hydrogens (tertiary/aromatic N) is 3. The van der Waals surface area contributed by atoms with E-state index in [9.17, 15) is 5.11 Å². The van der Waals surface area contributed by atoms with Crippen molar-refractivity contribution < 1.29 is 27.5 Å². The Morgan fingerprint density at radius 2 is 1.62 bits per heavy atom. The number of para-hydroxylation sites is 3. The van der Waals surface area contributed by atoms with Crippen molar-refractivity contribution in [3.8, 4) is 55.6 Å². The van der Waals surface area contributed by atoms with Crippen LogP contribution in [0.3, 0.4) is 0 Å². The molecule has 3 aromatic heterocycles. The van der Waals surface area contributed by atoms with E-state index in [1.54, 1.807) is 29.5 Å². The number of phenolic OH excluding ortho intramolecular Hbond substituents is 1. The predicted octanol–water partition coefficient (Wildman–Crippen LogP) is 8.65. The molecule has 196 valence electrons. The first-order valence-electron chi connectivity index (χ1n) is 13.1. The number of benzene rings is 4. The van der Waals surface area contributed by atoms with E-state index in [2.05, 4.69) is 34.6 Å². The molecular formula is C34H22N3OPtS-. The van der Waals surface area contributed by atoms with Gasteiger partial charge in [-0.1, -0.05) is 65.7 Å². The van der Waals surface area contributed by atoms with Gasteiger partial charge in [0, 0.05) is 43.5 Å². The summed E-state index contributed by atoms with van der Waals surface area (Å²) in [5.41, 5.74) is 7.59. The van der Waals surface area contributed by atoms with Crippen molar-refractivity contribution in [2.75, 3.05) is 0 Å². The van der Waals surface area contributed by atoms with Gasteiger partial charge < -0.3 is 5.11 Å². The number of pyridine rings is 1. The minimum absolute atomic E-state index is 0. The summed E-state index contributed by atoms with van der Waals surface area (Å²) < 4.78 is 10.6. The molecule has 0 spiro atoms. The van der Waals surface area contributed by atoms with Crippen molar-refractivity contribution >= 4 is 22.4 Å². The topological polar surface area (TPSA) is 50.9 Å². The quantitative estimate of drug-likeness (QED) is 0.182. The second kappa shape index (κ2) is 11.1. The van der Waals surface area contributed by atoms with Crippen LogP contribution in [0.15, 0.2) is 127 Å². The van der Waals surface area contributed by atoms with Gasteiger partial charge in [-0.2, -0.15) is 0 Å². The van der Waals surface area contributed by atoms with Gasteiger partial charge in [0.1, 0.15) is 11.6 Å². The van der Waals surface area contributed by atoms with Crippen molar-refractivity contribution in [3.63, 3.8) is 0 Å². The van der Waals surface area contributed by atoms with E-state index < -0.39 is 0 Å². The van der Waals surface area contributed by atoms with Crippen molar-refractivity contribution in [3.05, 3.63) is 133 Å². The van der Waals surface area contributed by atoms with Gasteiger partial charge in [-0.05, 0) is 53.4 Å². The first-order chi connectivity index (χ1) is 19.7. The van der Waals surface area contributed by atoms with Gasteiger partial charge in [0.15, 0.2) is 0 Å². The number of imidazole rings is 1. The second-order valence-corrected chi connectivity index (χ2v) is 10.0.